The van der Waals surface area contributed by atoms with Crippen molar-refractivity contribution in [3.63, 3.8) is 0 Å². The molecular weight excluding hydrogens is 334 g/mol. The summed E-state index contributed by atoms with van der Waals surface area (Å²) in [6.07, 6.45) is 4.21. The third kappa shape index (κ3) is 3.10. The molecule has 2 N–H and O–H groups in total. The molecule has 0 atom stereocenters. The number of nitrogens with zero attached hydrogens (tertiary/aromatic N) is 4. The van der Waals surface area contributed by atoms with Crippen LogP contribution in [-0.4, -0.2) is 55.8 Å². The molecule has 2 aliphatic heterocycles. The van der Waals surface area contributed by atoms with Gasteiger partial charge < -0.3 is 14.7 Å². The zero-order valence-electron chi connectivity index (χ0n) is 14.9. The summed E-state index contributed by atoms with van der Waals surface area (Å²) >= 11 is 0. The maximum Gasteiger partial charge on any atom is 0.257 e. The summed E-state index contributed by atoms with van der Waals surface area (Å²) in [7, 11) is 0. The second kappa shape index (κ2) is 7.13. The summed E-state index contributed by atoms with van der Waals surface area (Å²) < 4.78 is 5.39. The lowest BCUT2D eigenvalue weighted by molar-refractivity contribution is 0.0729. The van der Waals surface area contributed by atoms with Crippen LogP contribution < -0.4 is 0 Å². The Balaban J connectivity index is 1.53. The Morgan fingerprint density at radius 3 is 2.96 bits per heavy atom. The first-order valence-electron chi connectivity index (χ1n) is 9.03. The lowest BCUT2D eigenvalue weighted by Gasteiger charge is -2.27. The standard InChI is InChI=1S/C18H23N5O3/c1-11-13(8-19-17(20-11)12-3-6-26-7-4-12)18(25)23-5-2-15-14(9-23)16(10-24)22-21-15/h8,12,24H,2-7,9-10H2,1H3,(H,21,22). The predicted molar refractivity (Wildman–Crippen MR) is 92.5 cm³/mol. The Morgan fingerprint density at radius 2 is 2.23 bits per heavy atom. The van der Waals surface area contributed by atoms with E-state index in [1.165, 1.54) is 0 Å². The van der Waals surface area contributed by atoms with Gasteiger partial charge in [-0.3, -0.25) is 9.89 Å². The quantitative estimate of drug-likeness (QED) is 0.852. The van der Waals surface area contributed by atoms with Crippen molar-refractivity contribution in [2.24, 2.45) is 0 Å². The normalized spacial score (nSPS) is 18.0. The molecule has 0 unspecified atom stereocenters. The second-order valence-corrected chi connectivity index (χ2v) is 6.88. The molecule has 1 amide bonds. The van der Waals surface area contributed by atoms with Gasteiger partial charge in [-0.15, -0.1) is 0 Å². The zero-order valence-corrected chi connectivity index (χ0v) is 14.9. The number of hydrogen-bond donors (Lipinski definition) is 2. The van der Waals surface area contributed by atoms with Gasteiger partial charge in [-0.25, -0.2) is 9.97 Å². The van der Waals surface area contributed by atoms with Gasteiger partial charge in [-0.2, -0.15) is 5.10 Å². The van der Waals surface area contributed by atoms with E-state index in [9.17, 15) is 9.90 Å². The number of fused-ring (bicyclic) bond motifs is 1. The number of aryl methyl sites for hydroxylation is 1. The van der Waals surface area contributed by atoms with Crippen molar-refractivity contribution in [2.75, 3.05) is 19.8 Å². The molecule has 0 radical (unpaired) electrons. The molecule has 0 bridgehead atoms. The van der Waals surface area contributed by atoms with Crippen LogP contribution in [0, 0.1) is 6.92 Å². The van der Waals surface area contributed by atoms with Crippen LogP contribution >= 0.6 is 0 Å². The number of H-pyrrole nitrogens is 1. The Kier molecular flexibility index (Phi) is 4.69. The van der Waals surface area contributed by atoms with Crippen molar-refractivity contribution in [3.05, 3.63) is 40.2 Å². The smallest absolute Gasteiger partial charge is 0.257 e. The molecule has 8 heteroatoms. The summed E-state index contributed by atoms with van der Waals surface area (Å²) in [5, 5.41) is 16.5. The van der Waals surface area contributed by atoms with Crippen molar-refractivity contribution in [3.8, 4) is 0 Å². The highest BCUT2D eigenvalue weighted by molar-refractivity contribution is 5.95. The molecule has 2 aliphatic rings. The van der Waals surface area contributed by atoms with E-state index in [-0.39, 0.29) is 12.5 Å². The van der Waals surface area contributed by atoms with Gasteiger partial charge >= 0.3 is 0 Å². The van der Waals surface area contributed by atoms with Crippen LogP contribution in [0.1, 0.15) is 57.6 Å². The lowest BCUT2D eigenvalue weighted by Crippen LogP contribution is -2.36. The molecule has 4 heterocycles. The molecular formula is C18H23N5O3. The van der Waals surface area contributed by atoms with Crippen LogP contribution in [0.5, 0.6) is 0 Å². The van der Waals surface area contributed by atoms with Gasteiger partial charge in [-0.1, -0.05) is 0 Å². The van der Waals surface area contributed by atoms with Gasteiger partial charge in [0, 0.05) is 56.1 Å². The number of nitrogens with one attached hydrogen (secondary N) is 1. The van der Waals surface area contributed by atoms with Crippen molar-refractivity contribution in [1.82, 2.24) is 25.1 Å². The molecule has 0 spiro atoms. The van der Waals surface area contributed by atoms with Gasteiger partial charge in [0.1, 0.15) is 5.82 Å². The number of aliphatic hydroxyl groups is 1. The molecule has 2 aromatic heterocycles. The summed E-state index contributed by atoms with van der Waals surface area (Å²) in [6.45, 7) is 4.27. The van der Waals surface area contributed by atoms with Gasteiger partial charge in [0.2, 0.25) is 0 Å². The van der Waals surface area contributed by atoms with Gasteiger partial charge in [0.05, 0.1) is 23.6 Å². The monoisotopic (exact) mass is 357 g/mol. The minimum absolute atomic E-state index is 0.0724. The van der Waals surface area contributed by atoms with E-state index in [0.717, 1.165) is 43.1 Å². The number of carbonyl (C=O) groups excluding carboxylic acids is 1. The average Bonchev–Trinajstić information content (AvgIpc) is 3.10. The van der Waals surface area contributed by atoms with Crippen LogP contribution in [0.25, 0.3) is 0 Å². The van der Waals surface area contributed by atoms with Crippen LogP contribution in [-0.2, 0) is 24.3 Å². The van der Waals surface area contributed by atoms with Crippen LogP contribution in [0.3, 0.4) is 0 Å². The summed E-state index contributed by atoms with van der Waals surface area (Å²) in [6, 6.07) is 0. The van der Waals surface area contributed by atoms with Crippen LogP contribution in [0.4, 0.5) is 0 Å². The molecule has 8 nitrogen and oxygen atoms in total. The van der Waals surface area contributed by atoms with E-state index >= 15 is 0 Å². The van der Waals surface area contributed by atoms with Crippen LogP contribution in [0.15, 0.2) is 6.20 Å². The number of hydrogen-bond acceptors (Lipinski definition) is 6. The van der Waals surface area contributed by atoms with Crippen molar-refractivity contribution in [1.29, 1.82) is 0 Å². The van der Waals surface area contributed by atoms with E-state index in [1.807, 2.05) is 6.92 Å². The largest absolute Gasteiger partial charge is 0.390 e. The molecule has 1 fully saturated rings. The molecule has 138 valence electrons. The number of aromatic nitrogens is 4. The predicted octanol–water partition coefficient (Wildman–Crippen LogP) is 1.09. The number of aliphatic hydroxyl groups excluding tert-OH is 1. The van der Waals surface area contributed by atoms with E-state index < -0.39 is 0 Å². The number of carbonyl (C=O) groups is 1. The topological polar surface area (TPSA) is 104 Å². The first kappa shape index (κ1) is 17.1. The lowest BCUT2D eigenvalue weighted by atomic mass is 9.99. The molecule has 0 saturated carbocycles. The highest BCUT2D eigenvalue weighted by atomic mass is 16.5. The van der Waals surface area contributed by atoms with Crippen molar-refractivity contribution in [2.45, 2.75) is 45.3 Å². The fraction of sp³-hybridized carbons (Fsp3) is 0.556. The molecule has 1 saturated heterocycles. The fourth-order valence-electron chi connectivity index (χ4n) is 3.68. The minimum Gasteiger partial charge on any atom is -0.390 e. The number of ether oxygens (including phenoxy) is 1. The average molecular weight is 357 g/mol. The molecule has 0 aliphatic carbocycles. The second-order valence-electron chi connectivity index (χ2n) is 6.88. The van der Waals surface area contributed by atoms with Crippen LogP contribution in [0.2, 0.25) is 0 Å². The van der Waals surface area contributed by atoms with Crippen molar-refractivity contribution >= 4 is 5.91 Å². The third-order valence-corrected chi connectivity index (χ3v) is 5.27. The number of rotatable bonds is 3. The van der Waals surface area contributed by atoms with Crippen molar-refractivity contribution < 1.29 is 14.6 Å². The molecule has 26 heavy (non-hydrogen) atoms. The van der Waals surface area contributed by atoms with E-state index in [0.29, 0.717) is 42.4 Å². The maximum absolute atomic E-state index is 13.0. The van der Waals surface area contributed by atoms with E-state index in [2.05, 4.69) is 20.2 Å². The zero-order chi connectivity index (χ0) is 18.1. The maximum atomic E-state index is 13.0. The van der Waals surface area contributed by atoms with Gasteiger partial charge in [0.15, 0.2) is 0 Å². The number of amides is 1. The Morgan fingerprint density at radius 1 is 1.42 bits per heavy atom. The number of aromatic amines is 1. The molecule has 0 aromatic carbocycles. The fourth-order valence-corrected chi connectivity index (χ4v) is 3.68. The Labute approximate surface area is 151 Å². The van der Waals surface area contributed by atoms with Gasteiger partial charge in [0.25, 0.3) is 5.91 Å². The van der Waals surface area contributed by atoms with Gasteiger partial charge in [-0.05, 0) is 19.8 Å². The van der Waals surface area contributed by atoms with E-state index in [4.69, 9.17) is 4.74 Å². The summed E-state index contributed by atoms with van der Waals surface area (Å²) in [4.78, 5) is 23.8. The first-order chi connectivity index (χ1) is 12.7. The molecule has 2 aromatic rings. The summed E-state index contributed by atoms with van der Waals surface area (Å²) in [5.74, 6) is 1.04. The summed E-state index contributed by atoms with van der Waals surface area (Å²) in [5.41, 5.74) is 3.79. The Bertz CT molecular complexity index is 800. The first-order valence-corrected chi connectivity index (χ1v) is 9.03. The third-order valence-electron chi connectivity index (χ3n) is 5.27. The Hall–Kier alpha value is -2.32. The minimum atomic E-state index is -0.129. The van der Waals surface area contributed by atoms with E-state index in [1.54, 1.807) is 11.1 Å². The highest BCUT2D eigenvalue weighted by Crippen LogP contribution is 2.26. The SMILES string of the molecule is Cc1nc(C2CCOCC2)ncc1C(=O)N1CCc2[nH]nc(CO)c2C1. The highest BCUT2D eigenvalue weighted by Gasteiger charge is 2.27. The molecule has 4 rings (SSSR count).